The Morgan fingerprint density at radius 1 is 1.15 bits per heavy atom. The number of nitrogens with one attached hydrogen (secondary N) is 1. The van der Waals surface area contributed by atoms with Crippen molar-refractivity contribution in [2.24, 2.45) is 0 Å². The van der Waals surface area contributed by atoms with Gasteiger partial charge in [0.15, 0.2) is 5.82 Å². The van der Waals surface area contributed by atoms with Crippen molar-refractivity contribution >= 4 is 23.4 Å². The molecule has 1 saturated heterocycles. The third-order valence-corrected chi connectivity index (χ3v) is 7.97. The first-order chi connectivity index (χ1) is 18.9. The second-order valence-electron chi connectivity index (χ2n) is 10.3. The summed E-state index contributed by atoms with van der Waals surface area (Å²) in [5.41, 5.74) is 4.36. The van der Waals surface area contributed by atoms with Crippen molar-refractivity contribution in [2.75, 3.05) is 43.6 Å². The van der Waals surface area contributed by atoms with Crippen molar-refractivity contribution in [3.63, 3.8) is 0 Å². The number of halogens is 2. The van der Waals surface area contributed by atoms with Gasteiger partial charge < -0.3 is 19.9 Å². The molecule has 39 heavy (non-hydrogen) atoms. The monoisotopic (exact) mass is 538 g/mol. The number of carbonyl (C=O) groups is 1. The maximum atomic E-state index is 14.4. The van der Waals surface area contributed by atoms with Crippen LogP contribution in [0.25, 0.3) is 11.3 Å². The zero-order valence-corrected chi connectivity index (χ0v) is 22.2. The number of benzene rings is 1. The van der Waals surface area contributed by atoms with Gasteiger partial charge >= 0.3 is 0 Å². The Labute approximate surface area is 225 Å². The number of alkyl halides is 2. The highest BCUT2D eigenvalue weighted by molar-refractivity contribution is 5.77. The van der Waals surface area contributed by atoms with Crippen LogP contribution in [0.5, 0.6) is 0 Å². The molecule has 1 aromatic carbocycles. The smallest absolute Gasteiger partial charge is 0.264 e. The number of hydrogen-bond donors (Lipinski definition) is 1. The van der Waals surface area contributed by atoms with Gasteiger partial charge in [-0.05, 0) is 43.4 Å². The summed E-state index contributed by atoms with van der Waals surface area (Å²) in [7, 11) is 1.67. The van der Waals surface area contributed by atoms with Crippen LogP contribution in [-0.2, 0) is 28.9 Å². The minimum atomic E-state index is -2.71. The molecule has 0 radical (unpaired) electrons. The van der Waals surface area contributed by atoms with Crippen LogP contribution in [-0.4, -0.2) is 69.1 Å². The highest BCUT2D eigenvalue weighted by Gasteiger charge is 2.34. The molecule has 5 heterocycles. The molecule has 0 unspecified atom stereocenters. The minimum Gasteiger partial charge on any atom is -0.381 e. The van der Waals surface area contributed by atoms with Crippen molar-refractivity contribution < 1.29 is 18.3 Å². The lowest BCUT2D eigenvalue weighted by Gasteiger charge is -2.33. The van der Waals surface area contributed by atoms with Gasteiger partial charge in [0.2, 0.25) is 11.9 Å². The van der Waals surface area contributed by atoms with E-state index in [1.165, 1.54) is 6.20 Å². The summed E-state index contributed by atoms with van der Waals surface area (Å²) < 4.78 is 36.6. The van der Waals surface area contributed by atoms with E-state index in [9.17, 15) is 13.6 Å². The van der Waals surface area contributed by atoms with Gasteiger partial charge in [0.1, 0.15) is 5.69 Å². The van der Waals surface area contributed by atoms with Gasteiger partial charge in [-0.3, -0.25) is 9.48 Å². The van der Waals surface area contributed by atoms with Crippen molar-refractivity contribution in [1.29, 1.82) is 0 Å². The average Bonchev–Trinajstić information content (AvgIpc) is 3.35. The molecule has 0 bridgehead atoms. The van der Waals surface area contributed by atoms with Gasteiger partial charge in [-0.25, -0.2) is 13.8 Å². The van der Waals surface area contributed by atoms with E-state index in [1.54, 1.807) is 26.1 Å². The average molecular weight is 539 g/mol. The topological polar surface area (TPSA) is 101 Å². The molecule has 3 aliphatic heterocycles. The van der Waals surface area contributed by atoms with Crippen LogP contribution >= 0.6 is 0 Å². The van der Waals surface area contributed by atoms with Crippen LogP contribution in [0.15, 0.2) is 18.3 Å². The van der Waals surface area contributed by atoms with Crippen LogP contribution < -0.4 is 10.2 Å². The van der Waals surface area contributed by atoms with E-state index in [0.29, 0.717) is 50.1 Å². The molecule has 1 fully saturated rings. The fourth-order valence-corrected chi connectivity index (χ4v) is 5.93. The first kappa shape index (κ1) is 25.6. The SMILES string of the molecule is CNc1ncc(-c2cc3c(cc2C(F)F)N(c2nn(C4CCOCC4)c4c2CN(C(C)=O)CC4)CCC3)nn1. The Hall–Kier alpha value is -3.67. The van der Waals surface area contributed by atoms with Crippen molar-refractivity contribution in [3.05, 3.63) is 40.7 Å². The Bertz CT molecular complexity index is 1370. The highest BCUT2D eigenvalue weighted by Crippen LogP contribution is 2.43. The standard InChI is InChI=1S/C27H32F2N8O2/c1-16(38)35-9-5-23-21(15-35)26(34-37(23)18-6-10-39-11-7-18)36-8-3-4-17-12-19(20(25(28)29)13-24(17)36)22-14-31-27(30-2)33-32-22/h12-14,18,25H,3-11,15H2,1-2H3,(H,30,31,33). The lowest BCUT2D eigenvalue weighted by molar-refractivity contribution is -0.129. The highest BCUT2D eigenvalue weighted by atomic mass is 19.3. The van der Waals surface area contributed by atoms with E-state index >= 15 is 0 Å². The van der Waals surface area contributed by atoms with Gasteiger partial charge in [0.05, 0.1) is 18.8 Å². The van der Waals surface area contributed by atoms with E-state index in [-0.39, 0.29) is 17.5 Å². The molecule has 1 amide bonds. The number of aromatic nitrogens is 5. The Morgan fingerprint density at radius 2 is 1.97 bits per heavy atom. The predicted molar refractivity (Wildman–Crippen MR) is 141 cm³/mol. The van der Waals surface area contributed by atoms with Crippen LogP contribution in [0, 0.1) is 0 Å². The molecule has 6 rings (SSSR count). The Kier molecular flexibility index (Phi) is 6.88. The summed E-state index contributed by atoms with van der Waals surface area (Å²) in [5, 5.41) is 16.1. The summed E-state index contributed by atoms with van der Waals surface area (Å²) in [6.07, 6.45) is 2.83. The first-order valence-electron chi connectivity index (χ1n) is 13.5. The number of anilines is 3. The number of fused-ring (bicyclic) bond motifs is 2. The number of rotatable bonds is 5. The third kappa shape index (κ3) is 4.70. The maximum absolute atomic E-state index is 14.4. The second kappa shape index (κ2) is 10.5. The quantitative estimate of drug-likeness (QED) is 0.519. The lowest BCUT2D eigenvalue weighted by atomic mass is 9.93. The lowest BCUT2D eigenvalue weighted by Crippen LogP contribution is -2.36. The molecular weight excluding hydrogens is 506 g/mol. The van der Waals surface area contributed by atoms with Crippen LogP contribution in [0.2, 0.25) is 0 Å². The molecule has 0 spiro atoms. The van der Waals surface area contributed by atoms with Gasteiger partial charge in [-0.15, -0.1) is 10.2 Å². The number of aryl methyl sites for hydroxylation is 1. The number of amides is 1. The van der Waals surface area contributed by atoms with E-state index in [1.807, 2.05) is 4.90 Å². The number of hydrogen-bond acceptors (Lipinski definition) is 8. The minimum absolute atomic E-state index is 0.0214. The van der Waals surface area contributed by atoms with Crippen LogP contribution in [0.1, 0.15) is 61.0 Å². The van der Waals surface area contributed by atoms with Gasteiger partial charge in [0, 0.05) is 74.8 Å². The summed E-state index contributed by atoms with van der Waals surface area (Å²) in [5.74, 6) is 1.11. The van der Waals surface area contributed by atoms with Crippen LogP contribution in [0.4, 0.5) is 26.2 Å². The summed E-state index contributed by atoms with van der Waals surface area (Å²) in [4.78, 5) is 20.4. The van der Waals surface area contributed by atoms with E-state index < -0.39 is 6.43 Å². The molecule has 0 saturated carbocycles. The number of carbonyl (C=O) groups excluding carboxylic acids is 1. The number of nitrogens with zero attached hydrogens (tertiary/aromatic N) is 7. The van der Waals surface area contributed by atoms with E-state index in [2.05, 4.69) is 30.1 Å². The van der Waals surface area contributed by atoms with Gasteiger partial charge in [0.25, 0.3) is 6.43 Å². The Balaban J connectivity index is 1.45. The zero-order chi connectivity index (χ0) is 27.1. The van der Waals surface area contributed by atoms with Crippen molar-refractivity contribution in [2.45, 2.75) is 58.0 Å². The fourth-order valence-electron chi connectivity index (χ4n) is 5.93. The molecule has 2 aromatic heterocycles. The number of ether oxygens (including phenoxy) is 1. The molecule has 1 N–H and O–H groups in total. The summed E-state index contributed by atoms with van der Waals surface area (Å²) >= 11 is 0. The van der Waals surface area contributed by atoms with Crippen molar-refractivity contribution in [1.82, 2.24) is 29.9 Å². The molecule has 0 atom stereocenters. The van der Waals surface area contributed by atoms with Crippen LogP contribution in [0.3, 0.4) is 0 Å². The summed E-state index contributed by atoms with van der Waals surface area (Å²) in [6, 6.07) is 3.60. The van der Waals surface area contributed by atoms with Gasteiger partial charge in [-0.2, -0.15) is 5.10 Å². The van der Waals surface area contributed by atoms with Crippen molar-refractivity contribution in [3.8, 4) is 11.3 Å². The molecular formula is C27H32F2N8O2. The predicted octanol–water partition coefficient (Wildman–Crippen LogP) is 4.05. The van der Waals surface area contributed by atoms with E-state index in [4.69, 9.17) is 9.84 Å². The largest absolute Gasteiger partial charge is 0.381 e. The molecule has 0 aliphatic carbocycles. The van der Waals surface area contributed by atoms with Gasteiger partial charge in [-0.1, -0.05) is 0 Å². The molecule has 206 valence electrons. The zero-order valence-electron chi connectivity index (χ0n) is 22.2. The Morgan fingerprint density at radius 3 is 2.67 bits per heavy atom. The fraction of sp³-hybridized carbons (Fsp3) is 0.519. The van der Waals surface area contributed by atoms with E-state index in [0.717, 1.165) is 60.4 Å². The normalized spacial score (nSPS) is 17.8. The maximum Gasteiger partial charge on any atom is 0.264 e. The third-order valence-electron chi connectivity index (χ3n) is 7.97. The first-order valence-corrected chi connectivity index (χ1v) is 13.5. The second-order valence-corrected chi connectivity index (χ2v) is 10.3. The summed E-state index contributed by atoms with van der Waals surface area (Å²) in [6.45, 7) is 4.73. The molecule has 12 heteroatoms. The molecule has 3 aliphatic rings. The molecule has 3 aromatic rings. The molecule has 10 nitrogen and oxygen atoms in total.